The first-order valence-corrected chi connectivity index (χ1v) is 7.14. The van der Waals surface area contributed by atoms with Crippen LogP contribution in [0.25, 0.3) is 0 Å². The zero-order valence-corrected chi connectivity index (χ0v) is 12.3. The van der Waals surface area contributed by atoms with Crippen molar-refractivity contribution in [2.75, 3.05) is 0 Å². The molecule has 1 aromatic carbocycles. The van der Waals surface area contributed by atoms with Gasteiger partial charge in [0.1, 0.15) is 12.4 Å². The lowest BCUT2D eigenvalue weighted by Gasteiger charge is -2.20. The van der Waals surface area contributed by atoms with Crippen molar-refractivity contribution in [3.8, 4) is 5.75 Å². The van der Waals surface area contributed by atoms with Gasteiger partial charge >= 0.3 is 0 Å². The van der Waals surface area contributed by atoms with Gasteiger partial charge < -0.3 is 9.94 Å². The van der Waals surface area contributed by atoms with Crippen LogP contribution < -0.4 is 4.74 Å². The number of aromatic nitrogens is 2. The molecule has 0 amide bonds. The summed E-state index contributed by atoms with van der Waals surface area (Å²) in [5.74, 6) is 0.868. The van der Waals surface area contributed by atoms with Crippen molar-refractivity contribution in [2.24, 2.45) is 12.2 Å². The summed E-state index contributed by atoms with van der Waals surface area (Å²) in [4.78, 5) is 0. The van der Waals surface area contributed by atoms with Crippen molar-refractivity contribution >= 4 is 5.71 Å². The van der Waals surface area contributed by atoms with Crippen molar-refractivity contribution in [2.45, 2.75) is 32.8 Å². The summed E-state index contributed by atoms with van der Waals surface area (Å²) in [6.07, 6.45) is 2.75. The Labute approximate surface area is 123 Å². The van der Waals surface area contributed by atoms with E-state index in [0.717, 1.165) is 53.2 Å². The smallest absolute Gasteiger partial charge is 0.130 e. The highest BCUT2D eigenvalue weighted by molar-refractivity contribution is 6.02. The van der Waals surface area contributed by atoms with Gasteiger partial charge in [-0.25, -0.2) is 0 Å². The molecule has 0 spiro atoms. The summed E-state index contributed by atoms with van der Waals surface area (Å²) in [5, 5.41) is 16.8. The Hall–Kier alpha value is -2.30. The first-order chi connectivity index (χ1) is 10.2. The van der Waals surface area contributed by atoms with Crippen molar-refractivity contribution < 1.29 is 9.94 Å². The van der Waals surface area contributed by atoms with Crippen LogP contribution in [0.2, 0.25) is 0 Å². The fraction of sp³-hybridized carbons (Fsp3) is 0.375. The van der Waals surface area contributed by atoms with Gasteiger partial charge in [0.05, 0.1) is 17.1 Å². The molecule has 1 aliphatic rings. The second kappa shape index (κ2) is 5.60. The minimum Gasteiger partial charge on any atom is -0.487 e. The molecule has 0 radical (unpaired) electrons. The first-order valence-electron chi connectivity index (χ1n) is 7.14. The lowest BCUT2D eigenvalue weighted by Crippen LogP contribution is -2.14. The number of ether oxygens (including phenoxy) is 1. The van der Waals surface area contributed by atoms with Gasteiger partial charge in [0.15, 0.2) is 0 Å². The predicted octanol–water partition coefficient (Wildman–Crippen LogP) is 2.82. The number of nitrogens with zero attached hydrogens (tertiary/aromatic N) is 3. The monoisotopic (exact) mass is 285 g/mol. The highest BCUT2D eigenvalue weighted by Gasteiger charge is 2.19. The summed E-state index contributed by atoms with van der Waals surface area (Å²) in [5.41, 5.74) is 4.91. The van der Waals surface area contributed by atoms with Crippen LogP contribution >= 0.6 is 0 Å². The van der Waals surface area contributed by atoms with Crippen molar-refractivity contribution in [3.05, 3.63) is 46.8 Å². The number of aryl methyl sites for hydroxylation is 2. The first kappa shape index (κ1) is 13.7. The second-order valence-electron chi connectivity index (χ2n) is 5.37. The predicted molar refractivity (Wildman–Crippen MR) is 80.0 cm³/mol. The van der Waals surface area contributed by atoms with E-state index in [-0.39, 0.29) is 0 Å². The molecule has 0 aliphatic heterocycles. The summed E-state index contributed by atoms with van der Waals surface area (Å²) in [7, 11) is 1.92. The highest BCUT2D eigenvalue weighted by atomic mass is 16.5. The average Bonchev–Trinajstić information content (AvgIpc) is 2.82. The molecule has 1 aliphatic carbocycles. The van der Waals surface area contributed by atoms with E-state index in [4.69, 9.17) is 9.94 Å². The topological polar surface area (TPSA) is 59.6 Å². The lowest BCUT2D eigenvalue weighted by atomic mass is 9.89. The molecular formula is C16H19N3O2. The third kappa shape index (κ3) is 2.63. The van der Waals surface area contributed by atoms with E-state index >= 15 is 0 Å². The molecule has 2 aromatic rings. The molecule has 1 N–H and O–H groups in total. The molecule has 0 bridgehead atoms. The Balaban J connectivity index is 1.85. The number of benzene rings is 1. The molecule has 0 saturated carbocycles. The van der Waals surface area contributed by atoms with Crippen LogP contribution in [0.5, 0.6) is 5.75 Å². The highest BCUT2D eigenvalue weighted by Crippen LogP contribution is 2.30. The van der Waals surface area contributed by atoms with Crippen LogP contribution in [0.1, 0.15) is 35.4 Å². The number of fused-ring (bicyclic) bond motifs is 1. The van der Waals surface area contributed by atoms with Gasteiger partial charge in [-0.05, 0) is 38.3 Å². The van der Waals surface area contributed by atoms with Gasteiger partial charge in [-0.1, -0.05) is 17.3 Å². The van der Waals surface area contributed by atoms with E-state index in [9.17, 15) is 0 Å². The average molecular weight is 285 g/mol. The van der Waals surface area contributed by atoms with E-state index in [2.05, 4.69) is 10.3 Å². The fourth-order valence-corrected chi connectivity index (χ4v) is 2.85. The Morgan fingerprint density at radius 3 is 2.95 bits per heavy atom. The maximum absolute atomic E-state index is 9.11. The molecule has 1 aromatic heterocycles. The molecule has 1 heterocycles. The quantitative estimate of drug-likeness (QED) is 0.697. The Bertz CT molecular complexity index is 689. The Morgan fingerprint density at radius 2 is 2.24 bits per heavy atom. The van der Waals surface area contributed by atoms with Crippen molar-refractivity contribution in [1.29, 1.82) is 0 Å². The standard InChI is InChI=1S/C16H19N3O2/c1-11-9-12(19(2)17-11)10-21-16-8-4-5-13-14(16)6-3-7-15(13)18-20/h4-5,8-9,20H,3,6-7,10H2,1-2H3. The Morgan fingerprint density at radius 1 is 1.38 bits per heavy atom. The SMILES string of the molecule is Cc1cc(COc2cccc3c2CCCC3=NO)n(C)n1. The van der Waals surface area contributed by atoms with E-state index in [1.807, 2.05) is 42.9 Å². The summed E-state index contributed by atoms with van der Waals surface area (Å²) in [6, 6.07) is 7.93. The van der Waals surface area contributed by atoms with Gasteiger partial charge in [-0.2, -0.15) is 5.10 Å². The third-order valence-electron chi connectivity index (χ3n) is 3.88. The minimum atomic E-state index is 0.486. The molecule has 110 valence electrons. The Kier molecular flexibility index (Phi) is 3.64. The normalized spacial score (nSPS) is 16.0. The zero-order chi connectivity index (χ0) is 14.8. The molecular weight excluding hydrogens is 266 g/mol. The van der Waals surface area contributed by atoms with E-state index < -0.39 is 0 Å². The summed E-state index contributed by atoms with van der Waals surface area (Å²) >= 11 is 0. The van der Waals surface area contributed by atoms with Gasteiger partial charge in [0.2, 0.25) is 0 Å². The third-order valence-corrected chi connectivity index (χ3v) is 3.88. The second-order valence-corrected chi connectivity index (χ2v) is 5.37. The van der Waals surface area contributed by atoms with Crippen LogP contribution in [0.3, 0.4) is 0 Å². The van der Waals surface area contributed by atoms with Gasteiger partial charge in [0.25, 0.3) is 0 Å². The molecule has 3 rings (SSSR count). The summed E-state index contributed by atoms with van der Waals surface area (Å²) < 4.78 is 7.82. The number of hydrogen-bond acceptors (Lipinski definition) is 4. The molecule has 0 atom stereocenters. The van der Waals surface area contributed by atoms with Crippen LogP contribution in [0.15, 0.2) is 29.4 Å². The van der Waals surface area contributed by atoms with Crippen LogP contribution in [0, 0.1) is 6.92 Å². The van der Waals surface area contributed by atoms with Crippen molar-refractivity contribution in [3.63, 3.8) is 0 Å². The lowest BCUT2D eigenvalue weighted by molar-refractivity contribution is 0.291. The van der Waals surface area contributed by atoms with Crippen LogP contribution in [-0.2, 0) is 20.1 Å². The minimum absolute atomic E-state index is 0.486. The molecule has 0 saturated heterocycles. The fourth-order valence-electron chi connectivity index (χ4n) is 2.85. The number of oxime groups is 1. The van der Waals surface area contributed by atoms with Gasteiger partial charge in [-0.3, -0.25) is 4.68 Å². The van der Waals surface area contributed by atoms with Crippen LogP contribution in [0.4, 0.5) is 0 Å². The maximum atomic E-state index is 9.11. The van der Waals surface area contributed by atoms with Gasteiger partial charge in [-0.15, -0.1) is 0 Å². The van der Waals surface area contributed by atoms with E-state index in [0.29, 0.717) is 6.61 Å². The van der Waals surface area contributed by atoms with E-state index in [1.165, 1.54) is 0 Å². The summed E-state index contributed by atoms with van der Waals surface area (Å²) in [6.45, 7) is 2.46. The maximum Gasteiger partial charge on any atom is 0.130 e. The molecule has 0 unspecified atom stereocenters. The molecule has 0 fully saturated rings. The molecule has 5 heteroatoms. The van der Waals surface area contributed by atoms with E-state index in [1.54, 1.807) is 0 Å². The zero-order valence-electron chi connectivity index (χ0n) is 12.3. The molecule has 5 nitrogen and oxygen atoms in total. The molecule has 21 heavy (non-hydrogen) atoms. The number of rotatable bonds is 3. The largest absolute Gasteiger partial charge is 0.487 e. The van der Waals surface area contributed by atoms with Gasteiger partial charge in [0, 0.05) is 18.2 Å². The van der Waals surface area contributed by atoms with Crippen molar-refractivity contribution in [1.82, 2.24) is 9.78 Å². The number of hydrogen-bond donors (Lipinski definition) is 1. The van der Waals surface area contributed by atoms with Crippen LogP contribution in [-0.4, -0.2) is 20.7 Å².